The first-order valence-electron chi connectivity index (χ1n) is 6.03. The highest BCUT2D eigenvalue weighted by Gasteiger charge is 2.18. The Morgan fingerprint density at radius 3 is 2.62 bits per heavy atom. The van der Waals surface area contributed by atoms with Crippen molar-refractivity contribution >= 4 is 5.69 Å². The van der Waals surface area contributed by atoms with E-state index in [1.807, 2.05) is 0 Å². The topological polar surface area (TPSA) is 77.6 Å². The van der Waals surface area contributed by atoms with Gasteiger partial charge in [0.1, 0.15) is 6.10 Å². The van der Waals surface area contributed by atoms with Crippen molar-refractivity contribution in [2.75, 3.05) is 12.8 Å². The first-order valence-corrected chi connectivity index (χ1v) is 6.03. The summed E-state index contributed by atoms with van der Waals surface area (Å²) in [6, 6.07) is 5.79. The summed E-state index contributed by atoms with van der Waals surface area (Å²) in [5, 5.41) is 10.3. The van der Waals surface area contributed by atoms with Gasteiger partial charge in [-0.3, -0.25) is 4.98 Å². The molecule has 0 aliphatic rings. The number of nitrogens with zero attached hydrogens (tertiary/aromatic N) is 1. The van der Waals surface area contributed by atoms with Crippen LogP contribution in [0.15, 0.2) is 36.7 Å². The third-order valence-electron chi connectivity index (χ3n) is 2.90. The fourth-order valence-corrected chi connectivity index (χ4v) is 1.88. The van der Waals surface area contributed by atoms with Crippen LogP contribution in [0.1, 0.15) is 17.2 Å². The van der Waals surface area contributed by atoms with Gasteiger partial charge in [-0.2, -0.15) is 8.78 Å². The van der Waals surface area contributed by atoms with Gasteiger partial charge in [0.25, 0.3) is 0 Å². The lowest BCUT2D eigenvalue weighted by atomic mass is 10.0. The molecular formula is C14H14F2N2O3. The highest BCUT2D eigenvalue weighted by Crippen LogP contribution is 2.34. The highest BCUT2D eigenvalue weighted by molar-refractivity contribution is 5.51. The van der Waals surface area contributed by atoms with Gasteiger partial charge >= 0.3 is 6.61 Å². The number of halogens is 2. The van der Waals surface area contributed by atoms with Crippen molar-refractivity contribution in [3.8, 4) is 11.5 Å². The van der Waals surface area contributed by atoms with Gasteiger partial charge in [0.2, 0.25) is 0 Å². The van der Waals surface area contributed by atoms with Gasteiger partial charge in [-0.1, -0.05) is 6.07 Å². The number of methoxy groups -OCH3 is 1. The summed E-state index contributed by atoms with van der Waals surface area (Å²) in [6.07, 6.45) is 1.80. The molecule has 21 heavy (non-hydrogen) atoms. The number of nitrogen functional groups attached to an aromatic ring is 1. The minimum absolute atomic E-state index is 0.144. The van der Waals surface area contributed by atoms with Gasteiger partial charge in [0.15, 0.2) is 11.5 Å². The number of nitrogens with two attached hydrogens (primary N) is 1. The summed E-state index contributed by atoms with van der Waals surface area (Å²) in [4.78, 5) is 3.88. The number of aliphatic hydroxyl groups excluding tert-OH is 1. The maximum atomic E-state index is 12.4. The number of benzene rings is 1. The maximum absolute atomic E-state index is 12.4. The normalized spacial score (nSPS) is 12.2. The number of pyridine rings is 1. The number of hydrogen-bond acceptors (Lipinski definition) is 5. The van der Waals surface area contributed by atoms with Gasteiger partial charge in [0, 0.05) is 23.6 Å². The highest BCUT2D eigenvalue weighted by atomic mass is 19.3. The molecule has 1 aromatic heterocycles. The summed E-state index contributed by atoms with van der Waals surface area (Å²) >= 11 is 0. The van der Waals surface area contributed by atoms with Crippen molar-refractivity contribution in [3.05, 3.63) is 47.8 Å². The van der Waals surface area contributed by atoms with Crippen LogP contribution in [0.3, 0.4) is 0 Å². The number of ether oxygens (including phenoxy) is 2. The molecule has 1 atom stereocenters. The Hall–Kier alpha value is -2.41. The lowest BCUT2D eigenvalue weighted by Crippen LogP contribution is -2.07. The van der Waals surface area contributed by atoms with Crippen LogP contribution in [-0.4, -0.2) is 23.8 Å². The molecule has 1 aromatic carbocycles. The predicted molar refractivity (Wildman–Crippen MR) is 72.3 cm³/mol. The third-order valence-corrected chi connectivity index (χ3v) is 2.90. The monoisotopic (exact) mass is 296 g/mol. The standard InChI is InChI=1S/C14H14F2N2O3/c1-20-11-3-2-8(6-12(11)21-14(15)16)13(19)9-7-18-5-4-10(9)17/h2-7,13-14,19H,1H3,(H2,17,18). The van der Waals surface area contributed by atoms with E-state index in [0.29, 0.717) is 16.8 Å². The SMILES string of the molecule is COc1ccc(C(O)c2cnccc2N)cc1OC(F)F. The first kappa shape index (κ1) is 15.0. The first-order chi connectivity index (χ1) is 10.0. The largest absolute Gasteiger partial charge is 0.493 e. The number of hydrogen-bond donors (Lipinski definition) is 2. The Kier molecular flexibility index (Phi) is 4.54. The zero-order valence-corrected chi connectivity index (χ0v) is 11.2. The zero-order valence-electron chi connectivity index (χ0n) is 11.2. The summed E-state index contributed by atoms with van der Waals surface area (Å²) in [5.74, 6) is -0.0167. The molecule has 7 heteroatoms. The minimum Gasteiger partial charge on any atom is -0.493 e. The van der Waals surface area contributed by atoms with Crippen LogP contribution in [0.4, 0.5) is 14.5 Å². The molecule has 0 aliphatic heterocycles. The number of alkyl halides is 2. The van der Waals surface area contributed by atoms with Crippen molar-refractivity contribution in [3.63, 3.8) is 0 Å². The second-order valence-corrected chi connectivity index (χ2v) is 4.20. The van der Waals surface area contributed by atoms with Crippen molar-refractivity contribution in [2.24, 2.45) is 0 Å². The Morgan fingerprint density at radius 2 is 2.00 bits per heavy atom. The van der Waals surface area contributed by atoms with E-state index in [9.17, 15) is 13.9 Å². The Morgan fingerprint density at radius 1 is 1.24 bits per heavy atom. The van der Waals surface area contributed by atoms with Gasteiger partial charge < -0.3 is 20.3 Å². The molecule has 0 spiro atoms. The molecule has 3 N–H and O–H groups in total. The molecule has 0 fully saturated rings. The van der Waals surface area contributed by atoms with Crippen molar-refractivity contribution in [1.82, 2.24) is 4.98 Å². The molecule has 0 saturated carbocycles. The van der Waals surface area contributed by atoms with Gasteiger partial charge in [-0.15, -0.1) is 0 Å². The molecule has 0 saturated heterocycles. The molecule has 2 rings (SSSR count). The minimum atomic E-state index is -2.99. The van der Waals surface area contributed by atoms with Gasteiger partial charge in [-0.05, 0) is 23.8 Å². The third kappa shape index (κ3) is 3.38. The molecule has 1 unspecified atom stereocenters. The fourth-order valence-electron chi connectivity index (χ4n) is 1.88. The van der Waals surface area contributed by atoms with E-state index in [0.717, 1.165) is 0 Å². The van der Waals surface area contributed by atoms with Crippen LogP contribution < -0.4 is 15.2 Å². The number of anilines is 1. The molecular weight excluding hydrogens is 282 g/mol. The fraction of sp³-hybridized carbons (Fsp3) is 0.214. The quantitative estimate of drug-likeness (QED) is 0.885. The summed E-state index contributed by atoms with van der Waals surface area (Å²) < 4.78 is 34.1. The van der Waals surface area contributed by atoms with Crippen LogP contribution in [0.5, 0.6) is 11.5 Å². The van der Waals surface area contributed by atoms with Crippen LogP contribution in [0.2, 0.25) is 0 Å². The molecule has 0 bridgehead atoms. The summed E-state index contributed by atoms with van der Waals surface area (Å²) in [7, 11) is 1.34. The second-order valence-electron chi connectivity index (χ2n) is 4.20. The molecule has 0 radical (unpaired) electrons. The van der Waals surface area contributed by atoms with Crippen molar-refractivity contribution in [2.45, 2.75) is 12.7 Å². The molecule has 112 valence electrons. The summed E-state index contributed by atoms with van der Waals surface area (Å²) in [5.41, 5.74) is 6.83. The average Bonchev–Trinajstić information content (AvgIpc) is 2.46. The molecule has 0 amide bonds. The van der Waals surface area contributed by atoms with E-state index in [1.54, 1.807) is 6.07 Å². The predicted octanol–water partition coefficient (Wildman–Crippen LogP) is 2.36. The lowest BCUT2D eigenvalue weighted by Gasteiger charge is -2.16. The van der Waals surface area contributed by atoms with Gasteiger partial charge in [-0.25, -0.2) is 0 Å². The second kappa shape index (κ2) is 6.36. The van der Waals surface area contributed by atoms with Crippen molar-refractivity contribution in [1.29, 1.82) is 0 Å². The Labute approximate surface area is 119 Å². The average molecular weight is 296 g/mol. The van der Waals surface area contributed by atoms with E-state index in [4.69, 9.17) is 10.5 Å². The Balaban J connectivity index is 2.38. The van der Waals surface area contributed by atoms with Crippen LogP contribution in [0, 0.1) is 0 Å². The van der Waals surface area contributed by atoms with E-state index in [1.165, 1.54) is 37.7 Å². The molecule has 2 aromatic rings. The van der Waals surface area contributed by atoms with Crippen LogP contribution in [-0.2, 0) is 0 Å². The van der Waals surface area contributed by atoms with Crippen LogP contribution in [0.25, 0.3) is 0 Å². The number of aromatic nitrogens is 1. The molecule has 0 aliphatic carbocycles. The number of aliphatic hydroxyl groups is 1. The molecule has 1 heterocycles. The summed E-state index contributed by atoms with van der Waals surface area (Å²) in [6.45, 7) is -2.99. The smallest absolute Gasteiger partial charge is 0.387 e. The van der Waals surface area contributed by atoms with E-state index >= 15 is 0 Å². The van der Waals surface area contributed by atoms with Gasteiger partial charge in [0.05, 0.1) is 7.11 Å². The zero-order chi connectivity index (χ0) is 15.4. The lowest BCUT2D eigenvalue weighted by molar-refractivity contribution is -0.0513. The maximum Gasteiger partial charge on any atom is 0.387 e. The Bertz CT molecular complexity index is 623. The molecule has 5 nitrogen and oxygen atoms in total. The number of rotatable bonds is 5. The van der Waals surface area contributed by atoms with Crippen molar-refractivity contribution < 1.29 is 23.4 Å². The van der Waals surface area contributed by atoms with E-state index in [2.05, 4.69) is 9.72 Å². The van der Waals surface area contributed by atoms with E-state index < -0.39 is 12.7 Å². The van der Waals surface area contributed by atoms with Crippen LogP contribution >= 0.6 is 0 Å². The van der Waals surface area contributed by atoms with E-state index in [-0.39, 0.29) is 11.5 Å².